The molecule has 0 spiro atoms. The number of benzene rings is 1. The number of carbonyl (C=O) groups is 1. The second kappa shape index (κ2) is 8.50. The van der Waals surface area contributed by atoms with Crippen LogP contribution in [0.3, 0.4) is 0 Å². The molecule has 140 valence electrons. The first kappa shape index (κ1) is 18.7. The second-order valence-electron chi connectivity index (χ2n) is 6.22. The Hall–Kier alpha value is -2.13. The van der Waals surface area contributed by atoms with Gasteiger partial charge in [-0.2, -0.15) is 0 Å². The molecular weight excluding hydrogens is 359 g/mol. The van der Waals surface area contributed by atoms with E-state index in [-0.39, 0.29) is 29.3 Å². The SMILES string of the molecule is CN(Cc1ccc(F)cc1)C(=O)CSc1n[nH]c(=O)n1CC1CCCO1. The van der Waals surface area contributed by atoms with Crippen LogP contribution in [0.2, 0.25) is 0 Å². The molecule has 1 unspecified atom stereocenters. The molecule has 0 radical (unpaired) electrons. The smallest absolute Gasteiger partial charge is 0.344 e. The summed E-state index contributed by atoms with van der Waals surface area (Å²) in [6.07, 6.45) is 1.93. The van der Waals surface area contributed by atoms with E-state index in [1.165, 1.54) is 28.5 Å². The monoisotopic (exact) mass is 380 g/mol. The van der Waals surface area contributed by atoms with Gasteiger partial charge < -0.3 is 9.64 Å². The van der Waals surface area contributed by atoms with E-state index in [0.717, 1.165) is 18.4 Å². The molecule has 1 aromatic carbocycles. The van der Waals surface area contributed by atoms with Crippen LogP contribution in [0.25, 0.3) is 0 Å². The van der Waals surface area contributed by atoms with E-state index < -0.39 is 0 Å². The summed E-state index contributed by atoms with van der Waals surface area (Å²) >= 11 is 1.21. The Kier molecular flexibility index (Phi) is 6.10. The number of hydrogen-bond donors (Lipinski definition) is 1. The van der Waals surface area contributed by atoms with Crippen molar-refractivity contribution in [1.29, 1.82) is 0 Å². The van der Waals surface area contributed by atoms with Crippen LogP contribution in [0.5, 0.6) is 0 Å². The van der Waals surface area contributed by atoms with Crippen LogP contribution in [0.4, 0.5) is 4.39 Å². The highest BCUT2D eigenvalue weighted by Gasteiger charge is 2.20. The highest BCUT2D eigenvalue weighted by atomic mass is 32.2. The molecular formula is C17H21FN4O3S. The van der Waals surface area contributed by atoms with Crippen molar-refractivity contribution in [3.05, 3.63) is 46.1 Å². The van der Waals surface area contributed by atoms with Crippen molar-refractivity contribution in [3.63, 3.8) is 0 Å². The summed E-state index contributed by atoms with van der Waals surface area (Å²) in [6, 6.07) is 6.05. The van der Waals surface area contributed by atoms with Gasteiger partial charge in [-0.25, -0.2) is 14.3 Å². The Bertz CT molecular complexity index is 799. The third-order valence-corrected chi connectivity index (χ3v) is 5.18. The summed E-state index contributed by atoms with van der Waals surface area (Å²) in [6.45, 7) is 1.55. The van der Waals surface area contributed by atoms with E-state index in [2.05, 4.69) is 10.2 Å². The van der Waals surface area contributed by atoms with E-state index in [1.807, 2.05) is 0 Å². The third kappa shape index (κ3) is 4.73. The molecule has 9 heteroatoms. The number of nitrogens with zero attached hydrogens (tertiary/aromatic N) is 3. The van der Waals surface area contributed by atoms with Gasteiger partial charge >= 0.3 is 5.69 Å². The quantitative estimate of drug-likeness (QED) is 0.739. The molecule has 0 saturated carbocycles. The largest absolute Gasteiger partial charge is 0.376 e. The van der Waals surface area contributed by atoms with E-state index >= 15 is 0 Å². The average Bonchev–Trinajstić information content (AvgIpc) is 3.26. The first-order chi connectivity index (χ1) is 12.5. The summed E-state index contributed by atoms with van der Waals surface area (Å²) in [5.74, 6) is -0.243. The first-order valence-electron chi connectivity index (χ1n) is 8.41. The predicted molar refractivity (Wildman–Crippen MR) is 95.4 cm³/mol. The zero-order valence-electron chi connectivity index (χ0n) is 14.5. The molecule has 0 bridgehead atoms. The summed E-state index contributed by atoms with van der Waals surface area (Å²) < 4.78 is 20.0. The first-order valence-corrected chi connectivity index (χ1v) is 9.39. The molecule has 3 rings (SSSR count). The maximum atomic E-state index is 12.9. The number of thioether (sulfide) groups is 1. The van der Waals surface area contributed by atoms with Gasteiger partial charge in [0.05, 0.1) is 18.4 Å². The number of nitrogens with one attached hydrogen (secondary N) is 1. The molecule has 7 nitrogen and oxygen atoms in total. The van der Waals surface area contributed by atoms with Gasteiger partial charge in [0, 0.05) is 20.2 Å². The summed E-state index contributed by atoms with van der Waals surface area (Å²) in [5, 5.41) is 6.91. The Morgan fingerprint density at radius 2 is 2.23 bits per heavy atom. The molecule has 1 amide bonds. The standard InChI is InChI=1S/C17H21FN4O3S/c1-21(9-12-4-6-13(18)7-5-12)15(23)11-26-17-20-19-16(24)22(17)10-14-3-2-8-25-14/h4-7,14H,2-3,8-11H2,1H3,(H,19,24). The lowest BCUT2D eigenvalue weighted by molar-refractivity contribution is -0.127. The van der Waals surface area contributed by atoms with Gasteiger partial charge in [-0.05, 0) is 30.5 Å². The summed E-state index contributed by atoms with van der Waals surface area (Å²) in [5.41, 5.74) is 0.553. The number of halogens is 1. The maximum Gasteiger partial charge on any atom is 0.344 e. The zero-order chi connectivity index (χ0) is 18.5. The van der Waals surface area contributed by atoms with Crippen molar-refractivity contribution in [1.82, 2.24) is 19.7 Å². The molecule has 1 fully saturated rings. The van der Waals surface area contributed by atoms with E-state index in [4.69, 9.17) is 4.74 Å². The number of H-pyrrole nitrogens is 1. The van der Waals surface area contributed by atoms with Gasteiger partial charge in [0.1, 0.15) is 5.82 Å². The molecule has 1 aliphatic heterocycles. The van der Waals surface area contributed by atoms with Crippen LogP contribution in [-0.2, 0) is 22.6 Å². The fraction of sp³-hybridized carbons (Fsp3) is 0.471. The Balaban J connectivity index is 1.55. The van der Waals surface area contributed by atoms with E-state index in [1.54, 1.807) is 24.1 Å². The molecule has 1 saturated heterocycles. The molecule has 1 aromatic heterocycles. The van der Waals surface area contributed by atoms with Gasteiger partial charge in [0.25, 0.3) is 0 Å². The minimum atomic E-state index is -0.305. The lowest BCUT2D eigenvalue weighted by atomic mass is 10.2. The van der Waals surface area contributed by atoms with Gasteiger partial charge in [-0.15, -0.1) is 5.10 Å². The van der Waals surface area contributed by atoms with Crippen molar-refractivity contribution in [2.45, 2.75) is 37.2 Å². The van der Waals surface area contributed by atoms with Crippen molar-refractivity contribution >= 4 is 17.7 Å². The Labute approximate surface area is 154 Å². The lowest BCUT2D eigenvalue weighted by Crippen LogP contribution is -2.28. The minimum absolute atomic E-state index is 0.0153. The number of hydrogen-bond acceptors (Lipinski definition) is 5. The summed E-state index contributed by atoms with van der Waals surface area (Å²) in [7, 11) is 1.69. The number of rotatable bonds is 7. The van der Waals surface area contributed by atoms with Crippen molar-refractivity contribution in [2.24, 2.45) is 0 Å². The Morgan fingerprint density at radius 3 is 2.92 bits per heavy atom. The third-order valence-electron chi connectivity index (χ3n) is 4.22. The van der Waals surface area contributed by atoms with Crippen LogP contribution in [-0.4, -0.2) is 51.1 Å². The molecule has 1 atom stereocenters. The zero-order valence-corrected chi connectivity index (χ0v) is 15.3. The normalized spacial score (nSPS) is 16.8. The predicted octanol–water partition coefficient (Wildman–Crippen LogP) is 1.64. The topological polar surface area (TPSA) is 80.2 Å². The average molecular weight is 380 g/mol. The molecule has 0 aliphatic carbocycles. The van der Waals surface area contributed by atoms with E-state index in [0.29, 0.717) is 24.9 Å². The highest BCUT2D eigenvalue weighted by Crippen LogP contribution is 2.18. The molecule has 2 heterocycles. The molecule has 1 N–H and O–H groups in total. The Morgan fingerprint density at radius 1 is 1.46 bits per heavy atom. The maximum absolute atomic E-state index is 12.9. The van der Waals surface area contributed by atoms with Crippen molar-refractivity contribution < 1.29 is 13.9 Å². The second-order valence-corrected chi connectivity index (χ2v) is 7.16. The fourth-order valence-corrected chi connectivity index (χ4v) is 3.65. The van der Waals surface area contributed by atoms with Crippen molar-refractivity contribution in [3.8, 4) is 0 Å². The summed E-state index contributed by atoms with van der Waals surface area (Å²) in [4.78, 5) is 25.8. The number of aromatic nitrogens is 3. The van der Waals surface area contributed by atoms with Gasteiger partial charge in [0.2, 0.25) is 5.91 Å². The highest BCUT2D eigenvalue weighted by molar-refractivity contribution is 7.99. The lowest BCUT2D eigenvalue weighted by Gasteiger charge is -2.17. The van der Waals surface area contributed by atoms with Crippen LogP contribution in [0.1, 0.15) is 18.4 Å². The number of ether oxygens (including phenoxy) is 1. The van der Waals surface area contributed by atoms with E-state index in [9.17, 15) is 14.0 Å². The number of amides is 1. The number of carbonyl (C=O) groups excluding carboxylic acids is 1. The van der Waals surface area contributed by atoms with Crippen LogP contribution in [0, 0.1) is 5.82 Å². The van der Waals surface area contributed by atoms with Gasteiger partial charge in [-0.1, -0.05) is 23.9 Å². The van der Waals surface area contributed by atoms with Crippen LogP contribution >= 0.6 is 11.8 Å². The molecule has 1 aliphatic rings. The van der Waals surface area contributed by atoms with Crippen molar-refractivity contribution in [2.75, 3.05) is 19.4 Å². The molecule has 2 aromatic rings. The van der Waals surface area contributed by atoms with Gasteiger partial charge in [0.15, 0.2) is 5.16 Å². The van der Waals surface area contributed by atoms with Crippen LogP contribution < -0.4 is 5.69 Å². The molecule has 26 heavy (non-hydrogen) atoms. The fourth-order valence-electron chi connectivity index (χ4n) is 2.75. The van der Waals surface area contributed by atoms with Crippen LogP contribution in [0.15, 0.2) is 34.2 Å². The number of aromatic amines is 1. The van der Waals surface area contributed by atoms with Gasteiger partial charge in [-0.3, -0.25) is 9.36 Å². The minimum Gasteiger partial charge on any atom is -0.376 e.